The molecule has 0 atom stereocenters. The van der Waals surface area contributed by atoms with E-state index >= 15 is 0 Å². The van der Waals surface area contributed by atoms with E-state index in [1.54, 1.807) is 42.7 Å². The molecule has 12 heteroatoms. The van der Waals surface area contributed by atoms with Gasteiger partial charge in [0.15, 0.2) is 0 Å². The van der Waals surface area contributed by atoms with Crippen LogP contribution in [0.3, 0.4) is 0 Å². The van der Waals surface area contributed by atoms with E-state index in [0.29, 0.717) is 73.0 Å². The summed E-state index contributed by atoms with van der Waals surface area (Å²) in [6.07, 6.45) is 3.34. The van der Waals surface area contributed by atoms with Crippen molar-refractivity contribution in [1.82, 2.24) is 0 Å². The molecule has 7 rings (SSSR count). The second-order valence-electron chi connectivity index (χ2n) is 16.7. The maximum atomic E-state index is 6.36. The number of thiol groups is 6. The summed E-state index contributed by atoms with van der Waals surface area (Å²) < 4.78 is 38.2. The van der Waals surface area contributed by atoms with E-state index in [1.807, 2.05) is 0 Å². The van der Waals surface area contributed by atoms with E-state index in [0.717, 1.165) is 135 Å². The molecule has 0 saturated heterocycles. The summed E-state index contributed by atoms with van der Waals surface area (Å²) in [5.41, 5.74) is 18.9. The molecule has 12 bridgehead atoms. The van der Waals surface area contributed by atoms with Crippen molar-refractivity contribution in [2.45, 2.75) is 73.0 Å². The third-order valence-electron chi connectivity index (χ3n) is 12.4. The van der Waals surface area contributed by atoms with Crippen molar-refractivity contribution in [2.75, 3.05) is 42.7 Å². The monoisotopic (exact) mass is 996 g/mol. The number of rotatable bonds is 12. The Hall–Kier alpha value is -3.78. The minimum absolute atomic E-state index is 0.556. The lowest BCUT2D eigenvalue weighted by Gasteiger charge is -2.23. The van der Waals surface area contributed by atoms with Crippen LogP contribution in [-0.2, 0) is 73.0 Å². The molecule has 0 aliphatic heterocycles. The molecule has 0 fully saturated rings. The lowest BCUT2D eigenvalue weighted by molar-refractivity contribution is 0.395. The molecule has 348 valence electrons. The number of hydrogen-bond acceptors (Lipinski definition) is 12. The minimum atomic E-state index is 0.556. The second-order valence-corrected chi connectivity index (χ2v) is 18.6. The number of hydrogen-bond donors (Lipinski definition) is 6. The Balaban J connectivity index is 1.54. The molecular formula is C54H60O6S6. The lowest BCUT2D eigenvalue weighted by Crippen LogP contribution is -2.08. The topological polar surface area (TPSA) is 55.4 Å². The average molecular weight is 997 g/mol. The molecule has 0 aromatic heterocycles. The smallest absolute Gasteiger partial charge is 0.125 e. The van der Waals surface area contributed by atoms with Crippen molar-refractivity contribution in [1.29, 1.82) is 0 Å². The highest BCUT2D eigenvalue weighted by atomic mass is 32.1. The third-order valence-corrected chi connectivity index (χ3v) is 14.6. The van der Waals surface area contributed by atoms with Gasteiger partial charge in [0.05, 0.1) is 42.7 Å². The highest BCUT2D eigenvalue weighted by Gasteiger charge is 2.25. The fourth-order valence-electron chi connectivity index (χ4n) is 9.89. The van der Waals surface area contributed by atoms with Crippen LogP contribution in [0.15, 0.2) is 72.8 Å². The Bertz CT molecular complexity index is 2100. The molecule has 1 aliphatic rings. The Labute approximate surface area is 424 Å². The number of methoxy groups -OCH3 is 6. The predicted molar refractivity (Wildman–Crippen MR) is 291 cm³/mol. The maximum Gasteiger partial charge on any atom is 0.125 e. The number of fused-ring (bicyclic) bond motifs is 12. The van der Waals surface area contributed by atoms with Gasteiger partial charge in [0.2, 0.25) is 0 Å². The number of benzene rings is 6. The minimum Gasteiger partial charge on any atom is -0.496 e. The van der Waals surface area contributed by atoms with Gasteiger partial charge in [-0.1, -0.05) is 72.8 Å². The van der Waals surface area contributed by atoms with E-state index < -0.39 is 0 Å². The van der Waals surface area contributed by atoms with E-state index in [4.69, 9.17) is 104 Å². The Morgan fingerprint density at radius 1 is 0.242 bits per heavy atom. The molecule has 0 N–H and O–H groups in total. The zero-order valence-corrected chi connectivity index (χ0v) is 43.9. The first-order valence-corrected chi connectivity index (χ1v) is 25.7. The van der Waals surface area contributed by atoms with Gasteiger partial charge >= 0.3 is 0 Å². The van der Waals surface area contributed by atoms with Crippen molar-refractivity contribution in [2.24, 2.45) is 0 Å². The van der Waals surface area contributed by atoms with Crippen LogP contribution in [0.5, 0.6) is 34.5 Å². The van der Waals surface area contributed by atoms with Gasteiger partial charge < -0.3 is 28.4 Å². The highest BCUT2D eigenvalue weighted by Crippen LogP contribution is 2.42. The van der Waals surface area contributed by atoms with Gasteiger partial charge in [-0.25, -0.2) is 0 Å². The van der Waals surface area contributed by atoms with Crippen LogP contribution in [0.2, 0.25) is 0 Å². The summed E-state index contributed by atoms with van der Waals surface area (Å²) in [6, 6.07) is 26.4. The largest absolute Gasteiger partial charge is 0.496 e. The molecule has 0 radical (unpaired) electrons. The molecule has 1 aliphatic carbocycles. The van der Waals surface area contributed by atoms with Crippen LogP contribution in [0.4, 0.5) is 0 Å². The first kappa shape index (κ1) is 50.1. The first-order chi connectivity index (χ1) is 32.1. The fourth-order valence-corrected chi connectivity index (χ4v) is 11.0. The molecule has 66 heavy (non-hydrogen) atoms. The van der Waals surface area contributed by atoms with Gasteiger partial charge in [0.25, 0.3) is 0 Å². The summed E-state index contributed by atoms with van der Waals surface area (Å²) in [7, 11) is 10.5. The van der Waals surface area contributed by atoms with Crippen molar-refractivity contribution >= 4 is 75.8 Å². The van der Waals surface area contributed by atoms with Gasteiger partial charge in [-0.15, -0.1) is 0 Å². The Morgan fingerprint density at radius 2 is 0.348 bits per heavy atom. The maximum absolute atomic E-state index is 6.36. The van der Waals surface area contributed by atoms with E-state index in [2.05, 4.69) is 72.8 Å². The molecule has 0 saturated carbocycles. The molecular weight excluding hydrogens is 937 g/mol. The highest BCUT2D eigenvalue weighted by molar-refractivity contribution is 7.80. The van der Waals surface area contributed by atoms with Crippen LogP contribution in [-0.4, -0.2) is 42.7 Å². The first-order valence-electron chi connectivity index (χ1n) is 21.9. The summed E-state index contributed by atoms with van der Waals surface area (Å²) in [4.78, 5) is 0. The normalized spacial score (nSPS) is 12.5. The van der Waals surface area contributed by atoms with Gasteiger partial charge in [-0.3, -0.25) is 0 Å². The van der Waals surface area contributed by atoms with Gasteiger partial charge in [0.1, 0.15) is 34.5 Å². The Kier molecular flexibility index (Phi) is 17.5. The van der Waals surface area contributed by atoms with Gasteiger partial charge in [0, 0.05) is 73.0 Å². The van der Waals surface area contributed by atoms with E-state index in [1.165, 1.54) is 0 Å². The molecule has 0 amide bonds. The number of ether oxygens (including phenoxy) is 6. The van der Waals surface area contributed by atoms with Gasteiger partial charge in [-0.2, -0.15) is 75.8 Å². The van der Waals surface area contributed by atoms with E-state index in [-0.39, 0.29) is 0 Å². The third kappa shape index (κ3) is 10.7. The second kappa shape index (κ2) is 23.0. The Morgan fingerprint density at radius 3 is 0.424 bits per heavy atom. The van der Waals surface area contributed by atoms with Crippen molar-refractivity contribution in [3.63, 3.8) is 0 Å². The van der Waals surface area contributed by atoms with Crippen molar-refractivity contribution in [3.05, 3.63) is 173 Å². The van der Waals surface area contributed by atoms with E-state index in [9.17, 15) is 0 Å². The lowest BCUT2D eigenvalue weighted by atomic mass is 9.88. The average Bonchev–Trinajstić information content (AvgIpc) is 3.33. The summed E-state index contributed by atoms with van der Waals surface area (Å²) >= 11 is 28.8. The zero-order valence-electron chi connectivity index (χ0n) is 38.5. The summed E-state index contributed by atoms with van der Waals surface area (Å²) in [5.74, 6) is 8.23. The molecule has 6 nitrogen and oxygen atoms in total. The van der Waals surface area contributed by atoms with Gasteiger partial charge in [-0.05, 0) is 100 Å². The van der Waals surface area contributed by atoms with Crippen LogP contribution >= 0.6 is 75.8 Å². The predicted octanol–water partition coefficient (Wildman–Crippen LogP) is 12.2. The standard InChI is InChI=1S/C54H60O6S6/c1-55-49-37-7-31(25-61)8-38(49)20-40-10-33(27-63)12-42(51(40)57-3)22-44-14-35(29-65)16-46(53(44)59-5)24-48-18-36(30-66)17-47(54(48)60-6)23-45-15-34(28-64)13-43(52(45)58-4)21-41-11-32(26-62)9-39(19-37)50(41)56-2/h7-18,61-66H,19-30H2,1-6H3. The van der Waals surface area contributed by atoms with Crippen molar-refractivity contribution in [3.8, 4) is 34.5 Å². The van der Waals surface area contributed by atoms with Crippen LogP contribution in [0.25, 0.3) is 0 Å². The quantitative estimate of drug-likeness (QED) is 0.0686. The van der Waals surface area contributed by atoms with Crippen LogP contribution in [0, 0.1) is 0 Å². The summed E-state index contributed by atoms with van der Waals surface area (Å²) in [6.45, 7) is 0. The summed E-state index contributed by atoms with van der Waals surface area (Å²) in [5, 5.41) is 0. The molecule has 0 spiro atoms. The SMILES string of the molecule is COc1c2cc(CS)cc1Cc1cc(CS)cc(c1OC)Cc1cc(CS)cc(c1OC)Cc1cc(CS)cc(c1OC)Cc1cc(CS)cc(c1OC)Cc1cc(CS)cc(c1OC)C2. The van der Waals surface area contributed by atoms with Crippen LogP contribution < -0.4 is 28.4 Å². The molecule has 0 heterocycles. The fraction of sp³-hybridized carbons (Fsp3) is 0.333. The van der Waals surface area contributed by atoms with Crippen LogP contribution in [0.1, 0.15) is 100 Å². The zero-order chi connectivity index (χ0) is 47.1. The molecule has 6 aromatic rings. The molecule has 0 unspecified atom stereocenters. The van der Waals surface area contributed by atoms with Crippen molar-refractivity contribution < 1.29 is 28.4 Å². The molecule has 6 aromatic carbocycles.